The molecule has 23 heavy (non-hydrogen) atoms. The zero-order valence-corrected chi connectivity index (χ0v) is 12.6. The lowest BCUT2D eigenvalue weighted by molar-refractivity contribution is 1.22. The number of aliphatic imine (C=N–C) groups is 1. The average molecular weight is 296 g/mol. The second-order valence-corrected chi connectivity index (χ2v) is 5.44. The Morgan fingerprint density at radius 3 is 2.13 bits per heavy atom. The van der Waals surface area contributed by atoms with Gasteiger partial charge in [0.15, 0.2) is 0 Å². The quantitative estimate of drug-likeness (QED) is 0.717. The number of hydrogen-bond donors (Lipinski definition) is 1. The smallest absolute Gasteiger partial charge is 0.138 e. The molecule has 0 aliphatic carbocycles. The zero-order valence-electron chi connectivity index (χ0n) is 12.6. The van der Waals surface area contributed by atoms with Crippen molar-refractivity contribution in [2.45, 2.75) is 0 Å². The summed E-state index contributed by atoms with van der Waals surface area (Å²) in [4.78, 5) is 4.77. The molecule has 1 aliphatic rings. The molecule has 3 aromatic carbocycles. The highest BCUT2D eigenvalue weighted by molar-refractivity contribution is 6.09. The maximum absolute atomic E-state index is 4.77. The first-order chi connectivity index (χ1) is 11.4. The molecule has 4 rings (SSSR count). The van der Waals surface area contributed by atoms with E-state index in [-0.39, 0.29) is 0 Å². The summed E-state index contributed by atoms with van der Waals surface area (Å²) in [6.45, 7) is 0. The molecule has 0 saturated heterocycles. The second-order valence-electron chi connectivity index (χ2n) is 5.44. The molecule has 1 aliphatic heterocycles. The second kappa shape index (κ2) is 5.93. The van der Waals surface area contributed by atoms with Crippen molar-refractivity contribution in [3.63, 3.8) is 0 Å². The topological polar surface area (TPSA) is 24.4 Å². The monoisotopic (exact) mass is 296 g/mol. The van der Waals surface area contributed by atoms with E-state index in [1.165, 1.54) is 5.56 Å². The third kappa shape index (κ3) is 2.79. The molecule has 0 aromatic heterocycles. The van der Waals surface area contributed by atoms with Crippen molar-refractivity contribution in [3.05, 3.63) is 102 Å². The van der Waals surface area contributed by atoms with Gasteiger partial charge in [0.2, 0.25) is 0 Å². The number of amidine groups is 1. The van der Waals surface area contributed by atoms with Crippen LogP contribution in [0.3, 0.4) is 0 Å². The molecule has 3 aromatic rings. The predicted molar refractivity (Wildman–Crippen MR) is 96.5 cm³/mol. The first kappa shape index (κ1) is 13.5. The van der Waals surface area contributed by atoms with Gasteiger partial charge in [-0.25, -0.2) is 4.99 Å². The summed E-state index contributed by atoms with van der Waals surface area (Å²) >= 11 is 0. The van der Waals surface area contributed by atoms with Gasteiger partial charge in [0.05, 0.1) is 5.69 Å². The molecule has 1 heterocycles. The standard InChI is InChI=1S/C21H16N2/c1-3-9-16(10-4-1)15-20-18-13-7-8-14-19(18)22-21(23-20)17-11-5-2-6-12-17/h1-15H,(H,22,23). The molecule has 2 heteroatoms. The van der Waals surface area contributed by atoms with E-state index in [9.17, 15) is 0 Å². The largest absolute Gasteiger partial charge is 0.339 e. The van der Waals surface area contributed by atoms with Crippen molar-refractivity contribution in [3.8, 4) is 0 Å². The van der Waals surface area contributed by atoms with Crippen LogP contribution >= 0.6 is 0 Å². The summed E-state index contributed by atoms with van der Waals surface area (Å²) in [5.74, 6) is 0.881. The number of para-hydroxylation sites is 1. The highest BCUT2D eigenvalue weighted by atomic mass is 15.0. The molecule has 0 atom stereocenters. The van der Waals surface area contributed by atoms with E-state index in [0.717, 1.165) is 28.3 Å². The van der Waals surface area contributed by atoms with Crippen LogP contribution in [0.25, 0.3) is 11.8 Å². The maximum atomic E-state index is 4.77. The molecule has 0 spiro atoms. The predicted octanol–water partition coefficient (Wildman–Crippen LogP) is 4.87. The van der Waals surface area contributed by atoms with E-state index in [1.807, 2.05) is 48.5 Å². The van der Waals surface area contributed by atoms with Crippen LogP contribution in [0, 0.1) is 0 Å². The van der Waals surface area contributed by atoms with Gasteiger partial charge in [0.1, 0.15) is 5.84 Å². The van der Waals surface area contributed by atoms with E-state index in [0.29, 0.717) is 0 Å². The number of benzene rings is 3. The van der Waals surface area contributed by atoms with Crippen molar-refractivity contribution in [2.75, 3.05) is 0 Å². The van der Waals surface area contributed by atoms with E-state index >= 15 is 0 Å². The molecule has 0 fully saturated rings. The van der Waals surface area contributed by atoms with E-state index in [2.05, 4.69) is 47.8 Å². The third-order valence-corrected chi connectivity index (χ3v) is 3.84. The Hall–Kier alpha value is -3.13. The van der Waals surface area contributed by atoms with Crippen LogP contribution in [-0.2, 0) is 0 Å². The van der Waals surface area contributed by atoms with Crippen LogP contribution in [0.5, 0.6) is 0 Å². The molecule has 1 N–H and O–H groups in total. The summed E-state index contributed by atoms with van der Waals surface area (Å²) in [6.07, 6.45) is 2.16. The van der Waals surface area contributed by atoms with E-state index in [1.54, 1.807) is 0 Å². The lowest BCUT2D eigenvalue weighted by Crippen LogP contribution is -2.25. The first-order valence-corrected chi connectivity index (χ1v) is 7.67. The Bertz CT molecular complexity index is 878. The fraction of sp³-hybridized carbons (Fsp3) is 0. The Labute approximate surface area is 135 Å². The SMILES string of the molecule is C(=C1NC(c2ccccc2)=Nc2ccccc21)c1ccccc1. The normalized spacial score (nSPS) is 14.8. The Kier molecular flexibility index (Phi) is 3.49. The molecule has 2 nitrogen and oxygen atoms in total. The molecule has 0 amide bonds. The summed E-state index contributed by atoms with van der Waals surface area (Å²) in [5.41, 5.74) is 5.43. The van der Waals surface area contributed by atoms with Crippen molar-refractivity contribution in [1.29, 1.82) is 0 Å². The van der Waals surface area contributed by atoms with E-state index < -0.39 is 0 Å². The fourth-order valence-electron chi connectivity index (χ4n) is 2.70. The molecule has 110 valence electrons. The van der Waals surface area contributed by atoms with Gasteiger partial charge >= 0.3 is 0 Å². The zero-order chi connectivity index (χ0) is 15.5. The van der Waals surface area contributed by atoms with Gasteiger partial charge < -0.3 is 5.32 Å². The number of rotatable bonds is 2. The summed E-state index contributed by atoms with van der Waals surface area (Å²) < 4.78 is 0. The lowest BCUT2D eigenvalue weighted by Gasteiger charge is -2.21. The average Bonchev–Trinajstić information content (AvgIpc) is 2.63. The molecular formula is C21H16N2. The molecule has 0 unspecified atom stereocenters. The van der Waals surface area contributed by atoms with Crippen LogP contribution < -0.4 is 5.32 Å². The van der Waals surface area contributed by atoms with Crippen LogP contribution in [-0.4, -0.2) is 5.84 Å². The Morgan fingerprint density at radius 2 is 1.35 bits per heavy atom. The Balaban J connectivity index is 1.83. The van der Waals surface area contributed by atoms with Crippen molar-refractivity contribution in [2.24, 2.45) is 4.99 Å². The molecule has 0 radical (unpaired) electrons. The summed E-state index contributed by atoms with van der Waals surface area (Å²) in [7, 11) is 0. The van der Waals surface area contributed by atoms with Crippen LogP contribution in [0.2, 0.25) is 0 Å². The van der Waals surface area contributed by atoms with Gasteiger partial charge in [-0.05, 0) is 17.7 Å². The highest BCUT2D eigenvalue weighted by Gasteiger charge is 2.16. The van der Waals surface area contributed by atoms with Crippen molar-refractivity contribution >= 4 is 23.3 Å². The molecule has 0 bridgehead atoms. The lowest BCUT2D eigenvalue weighted by atomic mass is 10.0. The molecular weight excluding hydrogens is 280 g/mol. The van der Waals surface area contributed by atoms with Gasteiger partial charge in [-0.2, -0.15) is 0 Å². The molecule has 0 saturated carbocycles. The maximum Gasteiger partial charge on any atom is 0.138 e. The minimum absolute atomic E-state index is 0.881. The van der Waals surface area contributed by atoms with Gasteiger partial charge in [0, 0.05) is 16.8 Å². The van der Waals surface area contributed by atoms with Gasteiger partial charge in [-0.3, -0.25) is 0 Å². The number of nitrogens with zero attached hydrogens (tertiary/aromatic N) is 1. The van der Waals surface area contributed by atoms with E-state index in [4.69, 9.17) is 4.99 Å². The van der Waals surface area contributed by atoms with Gasteiger partial charge in [-0.1, -0.05) is 78.9 Å². The van der Waals surface area contributed by atoms with Gasteiger partial charge in [-0.15, -0.1) is 0 Å². The highest BCUT2D eigenvalue weighted by Crippen LogP contribution is 2.30. The first-order valence-electron chi connectivity index (χ1n) is 7.67. The minimum atomic E-state index is 0.881. The van der Waals surface area contributed by atoms with Crippen molar-refractivity contribution in [1.82, 2.24) is 5.32 Å². The summed E-state index contributed by atoms with van der Waals surface area (Å²) in [5, 5.41) is 3.49. The third-order valence-electron chi connectivity index (χ3n) is 3.84. The number of nitrogens with one attached hydrogen (secondary N) is 1. The number of fused-ring (bicyclic) bond motifs is 1. The Morgan fingerprint density at radius 1 is 0.696 bits per heavy atom. The van der Waals surface area contributed by atoms with Crippen LogP contribution in [0.4, 0.5) is 5.69 Å². The van der Waals surface area contributed by atoms with Gasteiger partial charge in [0.25, 0.3) is 0 Å². The van der Waals surface area contributed by atoms with Crippen molar-refractivity contribution < 1.29 is 0 Å². The van der Waals surface area contributed by atoms with Crippen LogP contribution in [0.15, 0.2) is 89.9 Å². The fourth-order valence-corrected chi connectivity index (χ4v) is 2.70. The number of hydrogen-bond acceptors (Lipinski definition) is 2. The van der Waals surface area contributed by atoms with Crippen LogP contribution in [0.1, 0.15) is 16.7 Å². The summed E-state index contributed by atoms with van der Waals surface area (Å²) in [6, 6.07) is 28.8. The minimum Gasteiger partial charge on any atom is -0.339 e.